The topological polar surface area (TPSA) is 196 Å². The number of carbonyl (C=O) groups is 2. The van der Waals surface area contributed by atoms with E-state index in [9.17, 15) is 35.1 Å². The summed E-state index contributed by atoms with van der Waals surface area (Å²) in [5, 5.41) is 53.9. The van der Waals surface area contributed by atoms with Crippen molar-refractivity contribution in [1.29, 1.82) is 0 Å². The number of Topliss-reactive ketones (excluding diaryl/α,β-unsaturated/α-hetero) is 2. The average molecular weight is 620 g/mol. The van der Waals surface area contributed by atoms with E-state index in [0.29, 0.717) is 37.0 Å². The van der Waals surface area contributed by atoms with E-state index in [4.69, 9.17) is 15.2 Å². The van der Waals surface area contributed by atoms with Gasteiger partial charge in [0.1, 0.15) is 42.1 Å². The van der Waals surface area contributed by atoms with Crippen molar-refractivity contribution in [3.8, 4) is 0 Å². The molecule has 3 saturated carbocycles. The van der Waals surface area contributed by atoms with Crippen LogP contribution in [0.25, 0.3) is 0 Å². The predicted molar refractivity (Wildman–Crippen MR) is 157 cm³/mol. The number of hydrogen-bond acceptors (Lipinski definition) is 10. The van der Waals surface area contributed by atoms with Crippen LogP contribution in [0.3, 0.4) is 0 Å². The van der Waals surface area contributed by atoms with E-state index in [1.54, 1.807) is 6.08 Å². The number of ketones is 2. The standard InChI is InChI=1S/C33H50N2O9/c34-25-9-8-16(14-35-25)10-18-4-1-2-5-19(18)11-17-12-21-26(22(37)13-17)30(40)27-20(28(21)38)6-3-7-23(27)43-33-32(42)31(41)29(39)24(15-36)44-33/h12-13,16,18-21,23-27,29,31-33,35-37,39,41-42H,1-11,14-15,34H2/p+1/t16?,18-,19+,20?,21-,23?,24+,25?,26+,27?,29+,31-,32+,33-/m0/s1. The van der Waals surface area contributed by atoms with Crippen molar-refractivity contribution in [2.75, 3.05) is 13.2 Å². The van der Waals surface area contributed by atoms with E-state index in [-0.39, 0.29) is 23.5 Å². The Bertz CT molecular complexity index is 1120. The van der Waals surface area contributed by atoms with Crippen LogP contribution in [0.15, 0.2) is 23.5 Å². The molecule has 0 spiro atoms. The number of aliphatic hydroxyl groups excluding tert-OH is 5. The number of piperidine rings is 1. The Hall–Kier alpha value is -1.70. The fraction of sp³-hybridized carbons (Fsp3) is 0.818. The lowest BCUT2D eigenvalue weighted by molar-refractivity contribution is -0.703. The van der Waals surface area contributed by atoms with Gasteiger partial charge in [0.2, 0.25) is 0 Å². The molecule has 0 aromatic rings. The first kappa shape index (κ1) is 32.2. The summed E-state index contributed by atoms with van der Waals surface area (Å²) < 4.78 is 11.6. The van der Waals surface area contributed by atoms with Gasteiger partial charge in [-0.3, -0.25) is 15.3 Å². The zero-order chi connectivity index (χ0) is 31.1. The summed E-state index contributed by atoms with van der Waals surface area (Å²) in [5.41, 5.74) is 7.04. The fourth-order valence-corrected chi connectivity index (χ4v) is 9.19. The van der Waals surface area contributed by atoms with Crippen LogP contribution in [0.1, 0.15) is 70.6 Å². The number of ether oxygens (including phenoxy) is 2. The van der Waals surface area contributed by atoms with Gasteiger partial charge >= 0.3 is 0 Å². The Morgan fingerprint density at radius 1 is 0.932 bits per heavy atom. The molecular weight excluding hydrogens is 568 g/mol. The van der Waals surface area contributed by atoms with Gasteiger partial charge in [-0.1, -0.05) is 31.8 Å². The van der Waals surface area contributed by atoms with Gasteiger partial charge in [-0.2, -0.15) is 0 Å². The molecule has 2 heterocycles. The monoisotopic (exact) mass is 619 g/mol. The quantitative estimate of drug-likeness (QED) is 0.207. The molecule has 6 rings (SSSR count). The number of nitrogens with two attached hydrogens (primary N) is 2. The molecule has 246 valence electrons. The van der Waals surface area contributed by atoms with Crippen molar-refractivity contribution in [3.05, 3.63) is 23.5 Å². The number of allylic oxidation sites excluding steroid dienone is 4. The lowest BCUT2D eigenvalue weighted by Gasteiger charge is -2.47. The molecule has 0 amide bonds. The molecule has 0 aromatic carbocycles. The van der Waals surface area contributed by atoms with Gasteiger partial charge in [0.25, 0.3) is 0 Å². The molecule has 0 radical (unpaired) electrons. The summed E-state index contributed by atoms with van der Waals surface area (Å²) in [4.78, 5) is 28.0. The number of rotatable bonds is 7. The maximum absolute atomic E-state index is 14.0. The van der Waals surface area contributed by atoms with Crippen LogP contribution >= 0.6 is 0 Å². The summed E-state index contributed by atoms with van der Waals surface area (Å²) in [7, 11) is 0. The molecule has 9 N–H and O–H groups in total. The zero-order valence-electron chi connectivity index (χ0n) is 25.5. The highest BCUT2D eigenvalue weighted by Crippen LogP contribution is 2.48. The maximum Gasteiger partial charge on any atom is 0.186 e. The first-order chi connectivity index (χ1) is 21.2. The molecule has 11 nitrogen and oxygen atoms in total. The number of carbonyl (C=O) groups excluding carboxylic acids is 2. The van der Waals surface area contributed by atoms with Crippen LogP contribution in [-0.2, 0) is 19.1 Å². The molecule has 5 fully saturated rings. The SMILES string of the molecule is NC1CCC(C[C@@H]2CCCC[C@@H]2CC2=C[C@@H]3C(=O)C4CCCC(O[C@H]5O[C@H](CO)[C@@H](O)[C@H](O)[C@H]5O)C4C(=O)[C@H]3C(O)=C2)C[NH2+]1. The molecule has 14 atom stereocenters. The van der Waals surface area contributed by atoms with E-state index >= 15 is 0 Å². The normalized spacial score (nSPS) is 46.5. The number of aliphatic hydroxyl groups is 5. The largest absolute Gasteiger partial charge is 0.512 e. The van der Waals surface area contributed by atoms with Gasteiger partial charge in [0.05, 0.1) is 37.0 Å². The second kappa shape index (κ2) is 13.6. The lowest BCUT2D eigenvalue weighted by atomic mass is 9.59. The molecule has 0 aromatic heterocycles. The molecule has 4 aliphatic carbocycles. The van der Waals surface area contributed by atoms with Crippen molar-refractivity contribution in [1.82, 2.24) is 0 Å². The summed E-state index contributed by atoms with van der Waals surface area (Å²) in [6, 6.07) is 0. The highest BCUT2D eigenvalue weighted by Gasteiger charge is 2.56. The molecule has 6 aliphatic rings. The molecule has 44 heavy (non-hydrogen) atoms. The maximum atomic E-state index is 14.0. The van der Waals surface area contributed by atoms with Crippen molar-refractivity contribution in [3.63, 3.8) is 0 Å². The Balaban J connectivity index is 1.15. The number of quaternary nitrogens is 1. The number of hydrogen-bond donors (Lipinski definition) is 7. The van der Waals surface area contributed by atoms with Gasteiger partial charge < -0.3 is 40.3 Å². The first-order valence-corrected chi connectivity index (χ1v) is 16.9. The van der Waals surface area contributed by atoms with E-state index in [1.165, 1.54) is 32.1 Å². The van der Waals surface area contributed by atoms with E-state index in [1.807, 2.05) is 6.08 Å². The van der Waals surface area contributed by atoms with Gasteiger partial charge in [-0.15, -0.1) is 0 Å². The van der Waals surface area contributed by atoms with E-state index in [2.05, 4.69) is 5.32 Å². The first-order valence-electron chi connectivity index (χ1n) is 16.9. The van der Waals surface area contributed by atoms with Gasteiger partial charge in [0.15, 0.2) is 12.1 Å². The second-order valence-corrected chi connectivity index (χ2v) is 14.4. The predicted octanol–water partition coefficient (Wildman–Crippen LogP) is 0.199. The minimum atomic E-state index is -1.60. The second-order valence-electron chi connectivity index (χ2n) is 14.4. The third-order valence-corrected chi connectivity index (χ3v) is 11.6. The molecular formula is C33H51N2O9+. The summed E-state index contributed by atoms with van der Waals surface area (Å²) in [6.07, 6.45) is 6.45. The Kier molecular flexibility index (Phi) is 9.95. The van der Waals surface area contributed by atoms with Crippen molar-refractivity contribution in [2.24, 2.45) is 47.2 Å². The summed E-state index contributed by atoms with van der Waals surface area (Å²) >= 11 is 0. The lowest BCUT2D eigenvalue weighted by Crippen LogP contribution is -2.95. The van der Waals surface area contributed by atoms with Crippen molar-refractivity contribution < 1.29 is 49.9 Å². The molecule has 2 saturated heterocycles. The summed E-state index contributed by atoms with van der Waals surface area (Å²) in [6.45, 7) is 0.489. The minimum absolute atomic E-state index is 0.0619. The summed E-state index contributed by atoms with van der Waals surface area (Å²) in [5.74, 6) is -1.67. The van der Waals surface area contributed by atoms with Gasteiger partial charge in [-0.25, -0.2) is 0 Å². The van der Waals surface area contributed by atoms with Gasteiger partial charge in [-0.05, 0) is 62.0 Å². The average Bonchev–Trinajstić information content (AvgIpc) is 3.02. The van der Waals surface area contributed by atoms with Crippen LogP contribution in [0.4, 0.5) is 0 Å². The fourth-order valence-electron chi connectivity index (χ4n) is 9.19. The molecule has 11 heteroatoms. The molecule has 2 aliphatic heterocycles. The Morgan fingerprint density at radius 3 is 2.43 bits per heavy atom. The van der Waals surface area contributed by atoms with Crippen LogP contribution in [-0.4, -0.2) is 93.2 Å². The van der Waals surface area contributed by atoms with Crippen LogP contribution in [0.2, 0.25) is 0 Å². The number of fused-ring (bicyclic) bond motifs is 2. The van der Waals surface area contributed by atoms with E-state index < -0.39 is 67.1 Å². The Morgan fingerprint density at radius 2 is 1.70 bits per heavy atom. The van der Waals surface area contributed by atoms with Crippen LogP contribution in [0.5, 0.6) is 0 Å². The molecule has 0 bridgehead atoms. The van der Waals surface area contributed by atoms with Crippen LogP contribution in [0, 0.1) is 41.4 Å². The highest BCUT2D eigenvalue weighted by molar-refractivity contribution is 6.02. The molecule has 5 unspecified atom stereocenters. The van der Waals surface area contributed by atoms with Crippen molar-refractivity contribution in [2.45, 2.75) is 114 Å². The minimum Gasteiger partial charge on any atom is -0.512 e. The van der Waals surface area contributed by atoms with E-state index in [0.717, 1.165) is 31.4 Å². The highest BCUT2D eigenvalue weighted by atomic mass is 16.7. The zero-order valence-corrected chi connectivity index (χ0v) is 25.5. The van der Waals surface area contributed by atoms with Gasteiger partial charge in [0, 0.05) is 18.3 Å². The van der Waals surface area contributed by atoms with Crippen LogP contribution < -0.4 is 11.1 Å². The smallest absolute Gasteiger partial charge is 0.186 e. The Labute approximate surface area is 258 Å². The van der Waals surface area contributed by atoms with Crippen molar-refractivity contribution >= 4 is 11.6 Å². The third kappa shape index (κ3) is 6.31. The third-order valence-electron chi connectivity index (χ3n) is 11.6.